The van der Waals surface area contributed by atoms with Crippen molar-refractivity contribution in [1.82, 2.24) is 9.97 Å². The van der Waals surface area contributed by atoms with Gasteiger partial charge >= 0.3 is 0 Å². The summed E-state index contributed by atoms with van der Waals surface area (Å²) in [6, 6.07) is 1.69. The van der Waals surface area contributed by atoms with Crippen LogP contribution in [0.15, 0.2) is 31.1 Å². The normalized spacial score (nSPS) is 9.54. The molecule has 0 fully saturated rings. The lowest BCUT2D eigenvalue weighted by Crippen LogP contribution is -2.03. The molecule has 0 aliphatic heterocycles. The third-order valence-electron chi connectivity index (χ3n) is 1.63. The predicted octanol–water partition coefficient (Wildman–Crippen LogP) is 2.02. The van der Waals surface area contributed by atoms with Crippen molar-refractivity contribution in [1.29, 1.82) is 0 Å². The molecule has 0 bridgehead atoms. The van der Waals surface area contributed by atoms with E-state index in [-0.39, 0.29) is 5.78 Å². The Kier molecular flexibility index (Phi) is 3.82. The SMILES string of the molecule is C=CCCCC(=O)c1ncccn1. The van der Waals surface area contributed by atoms with Gasteiger partial charge in [0.05, 0.1) is 0 Å². The van der Waals surface area contributed by atoms with Crippen molar-refractivity contribution in [2.45, 2.75) is 19.3 Å². The number of hydrogen-bond donors (Lipinski definition) is 0. The standard InChI is InChI=1S/C10H12N2O/c1-2-3-4-6-9(13)10-11-7-5-8-12-10/h2,5,7-8H,1,3-4,6H2. The summed E-state index contributed by atoms with van der Waals surface area (Å²) in [5.41, 5.74) is 0. The van der Waals surface area contributed by atoms with Crippen molar-refractivity contribution >= 4 is 5.78 Å². The van der Waals surface area contributed by atoms with Gasteiger partial charge in [-0.25, -0.2) is 9.97 Å². The van der Waals surface area contributed by atoms with Crippen molar-refractivity contribution in [3.05, 3.63) is 36.9 Å². The molecule has 0 amide bonds. The molecule has 0 saturated carbocycles. The molecule has 1 aromatic heterocycles. The number of carbonyl (C=O) groups is 1. The van der Waals surface area contributed by atoms with Crippen molar-refractivity contribution in [3.63, 3.8) is 0 Å². The first kappa shape index (κ1) is 9.58. The van der Waals surface area contributed by atoms with E-state index >= 15 is 0 Å². The molecule has 0 atom stereocenters. The molecule has 0 unspecified atom stereocenters. The Labute approximate surface area is 77.5 Å². The summed E-state index contributed by atoms with van der Waals surface area (Å²) in [4.78, 5) is 19.1. The smallest absolute Gasteiger partial charge is 0.200 e. The van der Waals surface area contributed by atoms with E-state index in [2.05, 4.69) is 16.5 Å². The van der Waals surface area contributed by atoms with Gasteiger partial charge in [-0.2, -0.15) is 0 Å². The fraction of sp³-hybridized carbons (Fsp3) is 0.300. The third kappa shape index (κ3) is 3.15. The van der Waals surface area contributed by atoms with Crippen LogP contribution in [0, 0.1) is 0 Å². The number of rotatable bonds is 5. The van der Waals surface area contributed by atoms with E-state index in [9.17, 15) is 4.79 Å². The highest BCUT2D eigenvalue weighted by Gasteiger charge is 2.06. The van der Waals surface area contributed by atoms with Gasteiger partial charge in [0.2, 0.25) is 0 Å². The summed E-state index contributed by atoms with van der Waals surface area (Å²) in [5.74, 6) is 0.314. The Morgan fingerprint density at radius 3 is 2.77 bits per heavy atom. The number of nitrogens with zero attached hydrogens (tertiary/aromatic N) is 2. The van der Waals surface area contributed by atoms with Crippen LogP contribution < -0.4 is 0 Å². The Morgan fingerprint density at radius 1 is 1.46 bits per heavy atom. The molecule has 3 heteroatoms. The quantitative estimate of drug-likeness (QED) is 0.391. The number of hydrogen-bond acceptors (Lipinski definition) is 3. The van der Waals surface area contributed by atoms with Crippen LogP contribution in [0.1, 0.15) is 29.9 Å². The first-order valence-electron chi connectivity index (χ1n) is 4.25. The monoisotopic (exact) mass is 176 g/mol. The maximum Gasteiger partial charge on any atom is 0.200 e. The fourth-order valence-electron chi connectivity index (χ4n) is 0.962. The topological polar surface area (TPSA) is 42.9 Å². The molecule has 0 N–H and O–H groups in total. The first-order valence-corrected chi connectivity index (χ1v) is 4.25. The summed E-state index contributed by atoms with van der Waals surface area (Å²) < 4.78 is 0. The predicted molar refractivity (Wildman–Crippen MR) is 50.4 cm³/mol. The summed E-state index contributed by atoms with van der Waals surface area (Å²) in [5, 5.41) is 0. The second kappa shape index (κ2) is 5.19. The summed E-state index contributed by atoms with van der Waals surface area (Å²) in [6.07, 6.45) is 7.13. The van der Waals surface area contributed by atoms with Gasteiger partial charge in [0.1, 0.15) is 0 Å². The second-order valence-electron chi connectivity index (χ2n) is 2.68. The number of ketones is 1. The van der Waals surface area contributed by atoms with Gasteiger partial charge in [-0.05, 0) is 18.9 Å². The van der Waals surface area contributed by atoms with Gasteiger partial charge in [0.15, 0.2) is 11.6 Å². The molecule has 0 aliphatic rings. The number of carbonyl (C=O) groups excluding carboxylic acids is 1. The first-order chi connectivity index (χ1) is 6.34. The molecule has 68 valence electrons. The molecule has 0 spiro atoms. The van der Waals surface area contributed by atoms with Crippen molar-refractivity contribution in [3.8, 4) is 0 Å². The van der Waals surface area contributed by atoms with E-state index in [1.54, 1.807) is 24.5 Å². The molecule has 0 saturated heterocycles. The highest BCUT2D eigenvalue weighted by molar-refractivity contribution is 5.92. The van der Waals surface area contributed by atoms with E-state index < -0.39 is 0 Å². The minimum atomic E-state index is 0.00227. The van der Waals surface area contributed by atoms with Gasteiger partial charge in [-0.3, -0.25) is 4.79 Å². The molecule has 0 radical (unpaired) electrons. The molecular weight excluding hydrogens is 164 g/mol. The number of allylic oxidation sites excluding steroid dienone is 1. The molecule has 1 rings (SSSR count). The zero-order valence-electron chi connectivity index (χ0n) is 7.44. The Hall–Kier alpha value is -1.51. The van der Waals surface area contributed by atoms with Gasteiger partial charge in [0.25, 0.3) is 0 Å². The van der Waals surface area contributed by atoms with Gasteiger partial charge in [-0.1, -0.05) is 6.08 Å². The maximum absolute atomic E-state index is 11.4. The minimum Gasteiger partial charge on any atom is -0.291 e. The molecular formula is C10H12N2O. The lowest BCUT2D eigenvalue weighted by molar-refractivity contribution is 0.0970. The molecule has 13 heavy (non-hydrogen) atoms. The van der Waals surface area contributed by atoms with Crippen LogP contribution in [-0.2, 0) is 0 Å². The van der Waals surface area contributed by atoms with Crippen molar-refractivity contribution < 1.29 is 4.79 Å². The van der Waals surface area contributed by atoms with Crippen LogP contribution in [0.25, 0.3) is 0 Å². The summed E-state index contributed by atoms with van der Waals surface area (Å²) in [7, 11) is 0. The Balaban J connectivity index is 2.45. The van der Waals surface area contributed by atoms with Gasteiger partial charge < -0.3 is 0 Å². The molecule has 0 aliphatic carbocycles. The largest absolute Gasteiger partial charge is 0.291 e. The van der Waals surface area contributed by atoms with Crippen molar-refractivity contribution in [2.24, 2.45) is 0 Å². The zero-order chi connectivity index (χ0) is 9.52. The molecule has 1 heterocycles. The number of aromatic nitrogens is 2. The Morgan fingerprint density at radius 2 is 2.15 bits per heavy atom. The summed E-state index contributed by atoms with van der Waals surface area (Å²) in [6.45, 7) is 3.59. The van der Waals surface area contributed by atoms with E-state index in [0.717, 1.165) is 12.8 Å². The van der Waals surface area contributed by atoms with Crippen LogP contribution >= 0.6 is 0 Å². The zero-order valence-corrected chi connectivity index (χ0v) is 7.44. The van der Waals surface area contributed by atoms with Gasteiger partial charge in [0, 0.05) is 18.8 Å². The van der Waals surface area contributed by atoms with Crippen LogP contribution in [0.4, 0.5) is 0 Å². The van der Waals surface area contributed by atoms with Crippen molar-refractivity contribution in [2.75, 3.05) is 0 Å². The molecule has 3 nitrogen and oxygen atoms in total. The second-order valence-corrected chi connectivity index (χ2v) is 2.68. The molecule has 1 aromatic rings. The number of unbranched alkanes of at least 4 members (excludes halogenated alkanes) is 1. The van der Waals surface area contributed by atoms with E-state index in [1.807, 2.05) is 0 Å². The van der Waals surface area contributed by atoms with Crippen LogP contribution in [0.5, 0.6) is 0 Å². The average Bonchev–Trinajstić information content (AvgIpc) is 2.19. The minimum absolute atomic E-state index is 0.00227. The van der Waals surface area contributed by atoms with Gasteiger partial charge in [-0.15, -0.1) is 6.58 Å². The van der Waals surface area contributed by atoms with Crippen LogP contribution in [-0.4, -0.2) is 15.8 Å². The highest BCUT2D eigenvalue weighted by atomic mass is 16.1. The summed E-state index contributed by atoms with van der Waals surface area (Å²) >= 11 is 0. The Bertz CT molecular complexity index is 282. The third-order valence-corrected chi connectivity index (χ3v) is 1.63. The van der Waals surface area contributed by atoms with E-state index in [1.165, 1.54) is 0 Å². The lowest BCUT2D eigenvalue weighted by Gasteiger charge is -1.96. The fourth-order valence-corrected chi connectivity index (χ4v) is 0.962. The maximum atomic E-state index is 11.4. The lowest BCUT2D eigenvalue weighted by atomic mass is 10.1. The molecule has 0 aromatic carbocycles. The van der Waals surface area contributed by atoms with E-state index in [0.29, 0.717) is 12.2 Å². The average molecular weight is 176 g/mol. The van der Waals surface area contributed by atoms with E-state index in [4.69, 9.17) is 0 Å². The van der Waals surface area contributed by atoms with Crippen LogP contribution in [0.3, 0.4) is 0 Å². The number of Topliss-reactive ketones (excluding diaryl/α,β-unsaturated/α-hetero) is 1. The highest BCUT2D eigenvalue weighted by Crippen LogP contribution is 2.01. The van der Waals surface area contributed by atoms with Crippen LogP contribution in [0.2, 0.25) is 0 Å².